The fraction of sp³-hybridized carbons (Fsp3) is 0. The van der Waals surface area contributed by atoms with Gasteiger partial charge in [0, 0.05) is 5.39 Å². The van der Waals surface area contributed by atoms with Gasteiger partial charge in [0.15, 0.2) is 11.4 Å². The van der Waals surface area contributed by atoms with Crippen LogP contribution < -0.4 is 5.46 Å². The Labute approximate surface area is 73.6 Å². The van der Waals surface area contributed by atoms with Crippen LogP contribution in [0.5, 0.6) is 0 Å². The van der Waals surface area contributed by atoms with Crippen LogP contribution in [0.25, 0.3) is 11.0 Å². The van der Waals surface area contributed by atoms with E-state index in [9.17, 15) is 4.39 Å². The van der Waals surface area contributed by atoms with Gasteiger partial charge in [0.1, 0.15) is 0 Å². The predicted molar refractivity (Wildman–Crippen MR) is 46.0 cm³/mol. The standard InChI is InChI=1S/C8H6BFO3/c10-7-4-6(9(11)12)3-5-1-2-13-8(5)7/h1-4,11-12H. The van der Waals surface area contributed by atoms with E-state index in [0.717, 1.165) is 6.07 Å². The van der Waals surface area contributed by atoms with E-state index in [1.54, 1.807) is 6.07 Å². The van der Waals surface area contributed by atoms with Crippen molar-refractivity contribution in [1.29, 1.82) is 0 Å². The molecule has 3 nitrogen and oxygen atoms in total. The van der Waals surface area contributed by atoms with Crippen molar-refractivity contribution >= 4 is 23.6 Å². The molecule has 0 bridgehead atoms. The molecule has 1 aromatic heterocycles. The first kappa shape index (κ1) is 8.28. The maximum atomic E-state index is 13.1. The summed E-state index contributed by atoms with van der Waals surface area (Å²) < 4.78 is 18.0. The molecular weight excluding hydrogens is 174 g/mol. The van der Waals surface area contributed by atoms with E-state index in [1.807, 2.05) is 0 Å². The van der Waals surface area contributed by atoms with Crippen LogP contribution in [-0.4, -0.2) is 17.2 Å². The molecular formula is C8H6BFO3. The minimum Gasteiger partial charge on any atom is -0.461 e. The van der Waals surface area contributed by atoms with E-state index in [1.165, 1.54) is 12.3 Å². The highest BCUT2D eigenvalue weighted by molar-refractivity contribution is 6.58. The molecule has 1 heterocycles. The molecule has 2 N–H and O–H groups in total. The fourth-order valence-electron chi connectivity index (χ4n) is 1.21. The van der Waals surface area contributed by atoms with E-state index in [0.29, 0.717) is 5.39 Å². The molecule has 0 unspecified atom stereocenters. The molecule has 0 spiro atoms. The van der Waals surface area contributed by atoms with Crippen molar-refractivity contribution in [3.8, 4) is 0 Å². The summed E-state index contributed by atoms with van der Waals surface area (Å²) in [6.07, 6.45) is 1.35. The zero-order valence-electron chi connectivity index (χ0n) is 6.57. The number of fused-ring (bicyclic) bond motifs is 1. The molecule has 0 fully saturated rings. The number of furan rings is 1. The van der Waals surface area contributed by atoms with Gasteiger partial charge in [-0.15, -0.1) is 0 Å². The Kier molecular flexibility index (Phi) is 1.83. The monoisotopic (exact) mass is 180 g/mol. The Morgan fingerprint density at radius 1 is 1.31 bits per heavy atom. The number of benzene rings is 1. The molecule has 0 radical (unpaired) electrons. The molecule has 2 rings (SSSR count). The van der Waals surface area contributed by atoms with Crippen molar-refractivity contribution in [2.45, 2.75) is 0 Å². The quantitative estimate of drug-likeness (QED) is 0.618. The van der Waals surface area contributed by atoms with Gasteiger partial charge >= 0.3 is 7.12 Å². The van der Waals surface area contributed by atoms with Crippen molar-refractivity contribution in [2.75, 3.05) is 0 Å². The van der Waals surface area contributed by atoms with Gasteiger partial charge in [0.25, 0.3) is 0 Å². The highest BCUT2D eigenvalue weighted by Crippen LogP contribution is 2.17. The summed E-state index contributed by atoms with van der Waals surface area (Å²) in [7, 11) is -1.66. The van der Waals surface area contributed by atoms with Crippen LogP contribution in [0.15, 0.2) is 28.9 Å². The number of hydrogen-bond acceptors (Lipinski definition) is 3. The predicted octanol–water partition coefficient (Wildman–Crippen LogP) is 0.252. The van der Waals surface area contributed by atoms with Gasteiger partial charge in [-0.3, -0.25) is 0 Å². The van der Waals surface area contributed by atoms with Crippen LogP contribution in [0.4, 0.5) is 4.39 Å². The Morgan fingerprint density at radius 3 is 2.77 bits per heavy atom. The van der Waals surface area contributed by atoms with Crippen molar-refractivity contribution < 1.29 is 18.9 Å². The van der Waals surface area contributed by atoms with Gasteiger partial charge in [0.05, 0.1) is 6.26 Å². The van der Waals surface area contributed by atoms with Crippen LogP contribution in [0.1, 0.15) is 0 Å². The summed E-state index contributed by atoms with van der Waals surface area (Å²) in [5.41, 5.74) is 0.246. The number of rotatable bonds is 1. The Bertz CT molecular complexity index is 438. The minimum atomic E-state index is -1.66. The van der Waals surface area contributed by atoms with Crippen LogP contribution in [0.3, 0.4) is 0 Å². The summed E-state index contributed by atoms with van der Waals surface area (Å²) in [5.74, 6) is -0.592. The van der Waals surface area contributed by atoms with E-state index >= 15 is 0 Å². The first-order valence-corrected chi connectivity index (χ1v) is 3.71. The molecule has 2 aromatic rings. The lowest BCUT2D eigenvalue weighted by Gasteiger charge is -1.99. The lowest BCUT2D eigenvalue weighted by molar-refractivity contribution is 0.425. The third-order valence-corrected chi connectivity index (χ3v) is 1.83. The third kappa shape index (κ3) is 1.32. The number of hydrogen-bond donors (Lipinski definition) is 2. The molecule has 0 aliphatic carbocycles. The highest BCUT2D eigenvalue weighted by Gasteiger charge is 2.15. The second-order valence-electron chi connectivity index (χ2n) is 2.72. The Hall–Kier alpha value is -1.33. The SMILES string of the molecule is OB(O)c1cc(F)c2occc2c1. The summed E-state index contributed by atoms with van der Waals surface area (Å²) >= 11 is 0. The minimum absolute atomic E-state index is 0.117. The normalized spacial score (nSPS) is 10.7. The first-order chi connectivity index (χ1) is 6.18. The lowest BCUT2D eigenvalue weighted by Crippen LogP contribution is -2.29. The largest absolute Gasteiger partial charge is 0.488 e. The van der Waals surface area contributed by atoms with Crippen LogP contribution >= 0.6 is 0 Å². The molecule has 5 heteroatoms. The van der Waals surface area contributed by atoms with Crippen molar-refractivity contribution in [3.63, 3.8) is 0 Å². The van der Waals surface area contributed by atoms with E-state index in [-0.39, 0.29) is 11.0 Å². The van der Waals surface area contributed by atoms with Crippen molar-refractivity contribution in [2.24, 2.45) is 0 Å². The molecule has 13 heavy (non-hydrogen) atoms. The lowest BCUT2D eigenvalue weighted by atomic mass is 9.80. The molecule has 0 aliphatic heterocycles. The second-order valence-corrected chi connectivity index (χ2v) is 2.72. The summed E-state index contributed by atoms with van der Waals surface area (Å²) in [4.78, 5) is 0. The third-order valence-electron chi connectivity index (χ3n) is 1.83. The van der Waals surface area contributed by atoms with Crippen LogP contribution in [-0.2, 0) is 0 Å². The van der Waals surface area contributed by atoms with Gasteiger partial charge in [-0.1, -0.05) is 6.07 Å². The Balaban J connectivity index is 2.70. The topological polar surface area (TPSA) is 53.6 Å². The summed E-state index contributed by atoms with van der Waals surface area (Å²) in [6, 6.07) is 4.06. The maximum absolute atomic E-state index is 13.1. The zero-order chi connectivity index (χ0) is 9.42. The van der Waals surface area contributed by atoms with Gasteiger partial charge in [-0.2, -0.15) is 0 Å². The maximum Gasteiger partial charge on any atom is 0.488 e. The molecule has 0 atom stereocenters. The molecule has 0 saturated heterocycles. The van der Waals surface area contributed by atoms with Crippen LogP contribution in [0.2, 0.25) is 0 Å². The second kappa shape index (κ2) is 2.87. The van der Waals surface area contributed by atoms with E-state index < -0.39 is 12.9 Å². The first-order valence-electron chi connectivity index (χ1n) is 3.71. The smallest absolute Gasteiger partial charge is 0.461 e. The number of halogens is 1. The van der Waals surface area contributed by atoms with Gasteiger partial charge in [0.2, 0.25) is 0 Å². The average Bonchev–Trinajstić information content (AvgIpc) is 2.51. The molecule has 0 saturated carbocycles. The van der Waals surface area contributed by atoms with Gasteiger partial charge in [-0.25, -0.2) is 4.39 Å². The average molecular weight is 180 g/mol. The van der Waals surface area contributed by atoms with Gasteiger partial charge in [-0.05, 0) is 17.6 Å². The molecule has 0 amide bonds. The summed E-state index contributed by atoms with van der Waals surface area (Å²) in [6.45, 7) is 0. The molecule has 1 aromatic carbocycles. The summed E-state index contributed by atoms with van der Waals surface area (Å²) in [5, 5.41) is 18.1. The van der Waals surface area contributed by atoms with Crippen molar-refractivity contribution in [3.05, 3.63) is 30.3 Å². The van der Waals surface area contributed by atoms with Crippen LogP contribution in [0, 0.1) is 5.82 Å². The van der Waals surface area contributed by atoms with Gasteiger partial charge < -0.3 is 14.5 Å². The zero-order valence-corrected chi connectivity index (χ0v) is 6.57. The van der Waals surface area contributed by atoms with Crippen molar-refractivity contribution in [1.82, 2.24) is 0 Å². The van der Waals surface area contributed by atoms with E-state index in [2.05, 4.69) is 0 Å². The molecule has 0 aliphatic rings. The fourth-order valence-corrected chi connectivity index (χ4v) is 1.21. The molecule has 66 valence electrons. The highest BCUT2D eigenvalue weighted by atomic mass is 19.1. The Morgan fingerprint density at radius 2 is 2.08 bits per heavy atom. The van der Waals surface area contributed by atoms with E-state index in [4.69, 9.17) is 14.5 Å².